The van der Waals surface area contributed by atoms with Crippen LogP contribution < -0.4 is 10.9 Å². The van der Waals surface area contributed by atoms with Crippen molar-refractivity contribution in [3.63, 3.8) is 0 Å². The lowest BCUT2D eigenvalue weighted by Gasteiger charge is -2.17. The van der Waals surface area contributed by atoms with Gasteiger partial charge in [0.15, 0.2) is 6.29 Å². The van der Waals surface area contributed by atoms with E-state index < -0.39 is 6.29 Å². The lowest BCUT2D eigenvalue weighted by atomic mass is 10.2. The minimum absolute atomic E-state index is 0.0823. The van der Waals surface area contributed by atoms with Crippen molar-refractivity contribution in [2.45, 2.75) is 40.5 Å². The summed E-state index contributed by atoms with van der Waals surface area (Å²) in [6, 6.07) is 0. The molecule has 0 radical (unpaired) electrons. The highest BCUT2D eigenvalue weighted by Crippen LogP contribution is 2.25. The Kier molecular flexibility index (Phi) is 6.47. The molecular formula is C16H23N3O4S. The number of thiophene rings is 1. The molecule has 2 aromatic heterocycles. The highest BCUT2D eigenvalue weighted by molar-refractivity contribution is 7.18. The van der Waals surface area contributed by atoms with Gasteiger partial charge in [-0.1, -0.05) is 0 Å². The Labute approximate surface area is 144 Å². The highest BCUT2D eigenvalue weighted by Gasteiger charge is 2.15. The van der Waals surface area contributed by atoms with Crippen LogP contribution in [-0.4, -0.2) is 41.5 Å². The fourth-order valence-corrected chi connectivity index (χ4v) is 3.32. The molecule has 0 aliphatic heterocycles. The van der Waals surface area contributed by atoms with Crippen LogP contribution in [-0.2, 0) is 20.8 Å². The first kappa shape index (κ1) is 18.6. The number of nitrogens with one attached hydrogen (secondary N) is 1. The van der Waals surface area contributed by atoms with Gasteiger partial charge in [0.05, 0.1) is 18.3 Å². The number of carbonyl (C=O) groups excluding carboxylic acids is 1. The molecule has 2 aromatic rings. The smallest absolute Gasteiger partial charge is 0.262 e. The average molecular weight is 353 g/mol. The van der Waals surface area contributed by atoms with E-state index in [0.29, 0.717) is 23.4 Å². The first-order chi connectivity index (χ1) is 11.5. The molecule has 24 heavy (non-hydrogen) atoms. The second-order valence-electron chi connectivity index (χ2n) is 5.29. The molecule has 0 spiro atoms. The van der Waals surface area contributed by atoms with Gasteiger partial charge in [0.1, 0.15) is 11.4 Å². The molecule has 2 heterocycles. The highest BCUT2D eigenvalue weighted by atomic mass is 32.1. The van der Waals surface area contributed by atoms with Crippen LogP contribution in [0.5, 0.6) is 0 Å². The summed E-state index contributed by atoms with van der Waals surface area (Å²) in [5, 5.41) is 3.31. The minimum atomic E-state index is -0.483. The largest absolute Gasteiger partial charge is 0.351 e. The molecule has 0 bridgehead atoms. The van der Waals surface area contributed by atoms with Crippen molar-refractivity contribution in [1.29, 1.82) is 0 Å². The van der Waals surface area contributed by atoms with Gasteiger partial charge < -0.3 is 14.8 Å². The molecule has 0 saturated carbocycles. The third-order valence-electron chi connectivity index (χ3n) is 3.64. The second-order valence-corrected chi connectivity index (χ2v) is 6.49. The number of carbonyl (C=O) groups is 1. The van der Waals surface area contributed by atoms with Crippen molar-refractivity contribution in [3.05, 3.63) is 27.1 Å². The molecule has 0 saturated heterocycles. The van der Waals surface area contributed by atoms with Crippen LogP contribution in [0.2, 0.25) is 0 Å². The van der Waals surface area contributed by atoms with Crippen LogP contribution in [0.4, 0.5) is 0 Å². The van der Waals surface area contributed by atoms with Gasteiger partial charge in [-0.3, -0.25) is 14.2 Å². The van der Waals surface area contributed by atoms with Crippen molar-refractivity contribution in [3.8, 4) is 0 Å². The first-order valence-electron chi connectivity index (χ1n) is 7.92. The molecule has 2 rings (SSSR count). The predicted octanol–water partition coefficient (Wildman–Crippen LogP) is 1.59. The maximum absolute atomic E-state index is 12.5. The SMILES string of the molecule is CCOC(CNC(=O)Cn1cnc2sc(C)c(C)c2c1=O)OCC. The molecule has 1 N–H and O–H groups in total. The topological polar surface area (TPSA) is 82.5 Å². The Morgan fingerprint density at radius 3 is 2.62 bits per heavy atom. The van der Waals surface area contributed by atoms with E-state index in [-0.39, 0.29) is 24.6 Å². The molecule has 0 aromatic carbocycles. The number of nitrogens with zero attached hydrogens (tertiary/aromatic N) is 2. The average Bonchev–Trinajstić information content (AvgIpc) is 2.84. The van der Waals surface area contributed by atoms with Crippen LogP contribution in [0.15, 0.2) is 11.1 Å². The molecule has 132 valence electrons. The molecular weight excluding hydrogens is 330 g/mol. The van der Waals surface area contributed by atoms with Crippen LogP contribution in [0.3, 0.4) is 0 Å². The Balaban J connectivity index is 2.06. The summed E-state index contributed by atoms with van der Waals surface area (Å²) in [4.78, 5) is 30.7. The molecule has 8 heteroatoms. The van der Waals surface area contributed by atoms with Gasteiger partial charge in [-0.15, -0.1) is 11.3 Å². The van der Waals surface area contributed by atoms with E-state index in [2.05, 4.69) is 10.3 Å². The monoisotopic (exact) mass is 353 g/mol. The van der Waals surface area contributed by atoms with Crippen molar-refractivity contribution < 1.29 is 14.3 Å². The number of rotatable bonds is 8. The van der Waals surface area contributed by atoms with Crippen LogP contribution in [0, 0.1) is 13.8 Å². The number of ether oxygens (including phenoxy) is 2. The first-order valence-corrected chi connectivity index (χ1v) is 8.74. The zero-order valence-corrected chi connectivity index (χ0v) is 15.2. The van der Waals surface area contributed by atoms with Gasteiger partial charge in [-0.05, 0) is 33.3 Å². The third-order valence-corrected chi connectivity index (χ3v) is 4.76. The predicted molar refractivity (Wildman–Crippen MR) is 93.4 cm³/mol. The molecule has 0 aliphatic carbocycles. The van der Waals surface area contributed by atoms with Gasteiger partial charge in [-0.25, -0.2) is 4.98 Å². The molecule has 7 nitrogen and oxygen atoms in total. The Bertz CT molecular complexity index is 763. The van der Waals surface area contributed by atoms with E-state index in [9.17, 15) is 9.59 Å². The number of aromatic nitrogens is 2. The van der Waals surface area contributed by atoms with E-state index in [1.165, 1.54) is 22.2 Å². The van der Waals surface area contributed by atoms with E-state index in [1.807, 2.05) is 27.7 Å². The molecule has 0 fully saturated rings. The minimum Gasteiger partial charge on any atom is -0.351 e. The number of hydrogen-bond donors (Lipinski definition) is 1. The van der Waals surface area contributed by atoms with Crippen LogP contribution >= 0.6 is 11.3 Å². The lowest BCUT2D eigenvalue weighted by molar-refractivity contribution is -0.140. The van der Waals surface area contributed by atoms with Gasteiger partial charge in [0.25, 0.3) is 5.56 Å². The van der Waals surface area contributed by atoms with Gasteiger partial charge >= 0.3 is 0 Å². The van der Waals surface area contributed by atoms with E-state index >= 15 is 0 Å². The fourth-order valence-electron chi connectivity index (χ4n) is 2.33. The summed E-state index contributed by atoms with van der Waals surface area (Å²) in [6.07, 6.45) is 0.936. The second kappa shape index (κ2) is 8.36. The van der Waals surface area contributed by atoms with Crippen molar-refractivity contribution in [2.75, 3.05) is 19.8 Å². The normalized spacial score (nSPS) is 11.4. The third kappa shape index (κ3) is 4.19. The summed E-state index contributed by atoms with van der Waals surface area (Å²) >= 11 is 1.49. The van der Waals surface area contributed by atoms with Gasteiger partial charge in [-0.2, -0.15) is 0 Å². The van der Waals surface area contributed by atoms with Crippen LogP contribution in [0.1, 0.15) is 24.3 Å². The summed E-state index contributed by atoms with van der Waals surface area (Å²) in [7, 11) is 0. The van der Waals surface area contributed by atoms with Gasteiger partial charge in [0, 0.05) is 18.1 Å². The molecule has 0 unspecified atom stereocenters. The Hall–Kier alpha value is -1.77. The molecule has 0 aliphatic rings. The lowest BCUT2D eigenvalue weighted by Crippen LogP contribution is -2.38. The number of aryl methyl sites for hydroxylation is 2. The summed E-state index contributed by atoms with van der Waals surface area (Å²) in [6.45, 7) is 8.73. The van der Waals surface area contributed by atoms with E-state index in [4.69, 9.17) is 9.47 Å². The van der Waals surface area contributed by atoms with Crippen molar-refractivity contribution in [2.24, 2.45) is 0 Å². The summed E-state index contributed by atoms with van der Waals surface area (Å²) < 4.78 is 12.1. The quantitative estimate of drug-likeness (QED) is 0.729. The Morgan fingerprint density at radius 1 is 1.33 bits per heavy atom. The number of hydrogen-bond acceptors (Lipinski definition) is 6. The molecule has 1 amide bonds. The van der Waals surface area contributed by atoms with Crippen LogP contribution in [0.25, 0.3) is 10.2 Å². The maximum atomic E-state index is 12.5. The zero-order chi connectivity index (χ0) is 17.7. The Morgan fingerprint density at radius 2 is 2.00 bits per heavy atom. The molecule has 0 atom stereocenters. The van der Waals surface area contributed by atoms with E-state index in [0.717, 1.165) is 10.4 Å². The fraction of sp³-hybridized carbons (Fsp3) is 0.562. The number of fused-ring (bicyclic) bond motifs is 1. The maximum Gasteiger partial charge on any atom is 0.262 e. The number of amides is 1. The summed E-state index contributed by atoms with van der Waals surface area (Å²) in [5.74, 6) is -0.285. The van der Waals surface area contributed by atoms with Crippen molar-refractivity contribution >= 4 is 27.5 Å². The summed E-state index contributed by atoms with van der Waals surface area (Å²) in [5.41, 5.74) is 0.734. The van der Waals surface area contributed by atoms with Gasteiger partial charge in [0.2, 0.25) is 5.91 Å². The van der Waals surface area contributed by atoms with Crippen molar-refractivity contribution in [1.82, 2.24) is 14.9 Å². The standard InChI is InChI=1S/C16H23N3O4S/c1-5-22-13(23-6-2)7-17-12(20)8-19-9-18-15-14(16(19)21)10(3)11(4)24-15/h9,13H,5-8H2,1-4H3,(H,17,20). The van der Waals surface area contributed by atoms with E-state index in [1.54, 1.807) is 0 Å². The zero-order valence-electron chi connectivity index (χ0n) is 14.4.